The number of hydrogen-bond acceptors (Lipinski definition) is 4. The second-order valence-corrected chi connectivity index (χ2v) is 7.16. The van der Waals surface area contributed by atoms with E-state index in [2.05, 4.69) is 0 Å². The van der Waals surface area contributed by atoms with Crippen molar-refractivity contribution in [2.24, 2.45) is 0 Å². The number of unbranched alkanes of at least 4 members (excludes halogenated alkanes) is 4. The van der Waals surface area contributed by atoms with Crippen molar-refractivity contribution in [2.45, 2.75) is 50.0 Å². The highest BCUT2D eigenvalue weighted by Gasteiger charge is 2.34. The van der Waals surface area contributed by atoms with Crippen LogP contribution in [0.15, 0.2) is 0 Å². The fourth-order valence-electron chi connectivity index (χ4n) is 1.37. The maximum Gasteiger partial charge on any atom is 0.284 e. The summed E-state index contributed by atoms with van der Waals surface area (Å²) in [5.41, 5.74) is 0. The molecule has 0 aromatic heterocycles. The standard InChI is InChI=1S/C8H18O6S2/c1-2-3-4-5-6-7-8(15(9,10)11)16(12,13)14/h8H,2-7H2,1H3,(H,9,10,11)(H,12,13,14). The van der Waals surface area contributed by atoms with E-state index in [4.69, 9.17) is 9.11 Å². The predicted molar refractivity (Wildman–Crippen MR) is 60.3 cm³/mol. The lowest BCUT2D eigenvalue weighted by molar-refractivity contribution is 0.446. The molecule has 0 unspecified atom stereocenters. The first kappa shape index (κ1) is 15.8. The van der Waals surface area contributed by atoms with Crippen molar-refractivity contribution in [1.82, 2.24) is 0 Å². The molecule has 16 heavy (non-hydrogen) atoms. The molecule has 0 heterocycles. The highest BCUT2D eigenvalue weighted by molar-refractivity contribution is 8.03. The maximum absolute atomic E-state index is 10.7. The highest BCUT2D eigenvalue weighted by Crippen LogP contribution is 2.16. The Morgan fingerprint density at radius 3 is 1.69 bits per heavy atom. The molecule has 0 amide bonds. The van der Waals surface area contributed by atoms with Gasteiger partial charge in [0.1, 0.15) is 0 Å². The Hall–Kier alpha value is -0.180. The van der Waals surface area contributed by atoms with Crippen LogP contribution in [0.25, 0.3) is 0 Å². The van der Waals surface area contributed by atoms with Gasteiger partial charge < -0.3 is 0 Å². The van der Waals surface area contributed by atoms with Gasteiger partial charge >= 0.3 is 0 Å². The van der Waals surface area contributed by atoms with E-state index in [0.29, 0.717) is 12.8 Å². The molecule has 0 rings (SSSR count). The summed E-state index contributed by atoms with van der Waals surface area (Å²) in [5, 5.41) is 0. The van der Waals surface area contributed by atoms with E-state index in [1.807, 2.05) is 6.92 Å². The largest absolute Gasteiger partial charge is 0.284 e. The second-order valence-electron chi connectivity index (χ2n) is 3.66. The molecule has 0 aliphatic carbocycles. The lowest BCUT2D eigenvalue weighted by atomic mass is 10.1. The van der Waals surface area contributed by atoms with Crippen molar-refractivity contribution in [3.8, 4) is 0 Å². The first-order valence-corrected chi connectivity index (χ1v) is 8.13. The maximum atomic E-state index is 10.7. The van der Waals surface area contributed by atoms with Gasteiger partial charge in [0.25, 0.3) is 20.2 Å². The van der Waals surface area contributed by atoms with Gasteiger partial charge in [-0.05, 0) is 6.42 Å². The fraction of sp³-hybridized carbons (Fsp3) is 1.00. The molecule has 0 aliphatic heterocycles. The third kappa shape index (κ3) is 6.41. The molecule has 6 nitrogen and oxygen atoms in total. The summed E-state index contributed by atoms with van der Waals surface area (Å²) >= 11 is 0. The first-order chi connectivity index (χ1) is 7.19. The van der Waals surface area contributed by atoms with Crippen LogP contribution in [0.3, 0.4) is 0 Å². The Kier molecular flexibility index (Phi) is 6.46. The van der Waals surface area contributed by atoms with Gasteiger partial charge in [-0.15, -0.1) is 0 Å². The molecule has 0 spiro atoms. The van der Waals surface area contributed by atoms with Gasteiger partial charge in [-0.3, -0.25) is 9.11 Å². The topological polar surface area (TPSA) is 109 Å². The minimum atomic E-state index is -4.75. The van der Waals surface area contributed by atoms with Crippen LogP contribution in [-0.4, -0.2) is 30.5 Å². The van der Waals surface area contributed by atoms with E-state index in [0.717, 1.165) is 19.3 Å². The van der Waals surface area contributed by atoms with Crippen LogP contribution in [0.4, 0.5) is 0 Å². The second kappa shape index (κ2) is 6.53. The van der Waals surface area contributed by atoms with Crippen LogP contribution < -0.4 is 0 Å². The van der Waals surface area contributed by atoms with Gasteiger partial charge in [0.05, 0.1) is 0 Å². The average Bonchev–Trinajstić information content (AvgIpc) is 2.06. The summed E-state index contributed by atoms with van der Waals surface area (Å²) in [6.07, 6.45) is 3.61. The molecule has 0 bridgehead atoms. The Bertz CT molecular complexity index is 351. The normalized spacial score (nSPS) is 13.2. The molecule has 0 aliphatic rings. The zero-order valence-corrected chi connectivity index (χ0v) is 10.8. The van der Waals surface area contributed by atoms with Gasteiger partial charge in [0.2, 0.25) is 4.58 Å². The highest BCUT2D eigenvalue weighted by atomic mass is 32.3. The SMILES string of the molecule is CCCCCCCC(S(=O)(=O)O)S(=O)(=O)O. The van der Waals surface area contributed by atoms with Crippen LogP contribution in [0.1, 0.15) is 45.4 Å². The van der Waals surface area contributed by atoms with Crippen molar-refractivity contribution in [3.05, 3.63) is 0 Å². The third-order valence-electron chi connectivity index (χ3n) is 2.21. The molecule has 8 heteroatoms. The molecule has 0 aromatic carbocycles. The monoisotopic (exact) mass is 274 g/mol. The zero-order valence-electron chi connectivity index (χ0n) is 9.16. The van der Waals surface area contributed by atoms with Crippen molar-refractivity contribution >= 4 is 20.2 Å². The Morgan fingerprint density at radius 2 is 1.31 bits per heavy atom. The summed E-state index contributed by atoms with van der Waals surface area (Å²) in [4.78, 5) is 0. The van der Waals surface area contributed by atoms with Gasteiger partial charge in [0, 0.05) is 0 Å². The number of rotatable bonds is 8. The summed E-state index contributed by atoms with van der Waals surface area (Å²) < 4.78 is 58.0. The van der Waals surface area contributed by atoms with E-state index in [9.17, 15) is 16.8 Å². The molecule has 0 saturated heterocycles. The molecule has 0 atom stereocenters. The lowest BCUT2D eigenvalue weighted by Crippen LogP contribution is -2.29. The first-order valence-electron chi connectivity index (χ1n) is 5.12. The fourth-order valence-corrected chi connectivity index (χ4v) is 3.52. The van der Waals surface area contributed by atoms with Crippen molar-refractivity contribution in [2.75, 3.05) is 0 Å². The minimum absolute atomic E-state index is 0.276. The predicted octanol–water partition coefficient (Wildman–Crippen LogP) is 1.45. The van der Waals surface area contributed by atoms with Crippen molar-refractivity contribution in [3.63, 3.8) is 0 Å². The van der Waals surface area contributed by atoms with E-state index in [1.54, 1.807) is 0 Å². The Morgan fingerprint density at radius 1 is 0.875 bits per heavy atom. The van der Waals surface area contributed by atoms with Gasteiger partial charge in [-0.25, -0.2) is 0 Å². The van der Waals surface area contributed by atoms with Gasteiger partial charge in [-0.2, -0.15) is 16.8 Å². The summed E-state index contributed by atoms with van der Waals surface area (Å²) in [6.45, 7) is 2.01. The van der Waals surface area contributed by atoms with Crippen molar-refractivity contribution < 1.29 is 25.9 Å². The lowest BCUT2D eigenvalue weighted by Gasteiger charge is -2.10. The van der Waals surface area contributed by atoms with Crippen LogP contribution in [0.2, 0.25) is 0 Å². The van der Waals surface area contributed by atoms with Crippen LogP contribution in [-0.2, 0) is 20.2 Å². The van der Waals surface area contributed by atoms with Gasteiger partial charge in [-0.1, -0.05) is 39.0 Å². The summed E-state index contributed by atoms with van der Waals surface area (Å²) in [7, 11) is -9.51. The van der Waals surface area contributed by atoms with E-state index >= 15 is 0 Å². The van der Waals surface area contributed by atoms with Crippen LogP contribution >= 0.6 is 0 Å². The Balaban J connectivity index is 4.28. The molecule has 2 N–H and O–H groups in total. The summed E-state index contributed by atoms with van der Waals surface area (Å²) in [5.74, 6) is 0. The molecule has 0 fully saturated rings. The molecule has 0 saturated carbocycles. The molecule has 0 radical (unpaired) electrons. The molecule has 0 aromatic rings. The van der Waals surface area contributed by atoms with Crippen molar-refractivity contribution in [1.29, 1.82) is 0 Å². The van der Waals surface area contributed by atoms with Crippen LogP contribution in [0.5, 0.6) is 0 Å². The number of hydrogen-bond donors (Lipinski definition) is 2. The van der Waals surface area contributed by atoms with Crippen LogP contribution in [0, 0.1) is 0 Å². The Labute approximate surface area is 96.6 Å². The minimum Gasteiger partial charge on any atom is -0.284 e. The zero-order chi connectivity index (χ0) is 12.8. The van der Waals surface area contributed by atoms with E-state index in [-0.39, 0.29) is 6.42 Å². The van der Waals surface area contributed by atoms with E-state index < -0.39 is 24.8 Å². The van der Waals surface area contributed by atoms with E-state index in [1.165, 1.54) is 0 Å². The average molecular weight is 274 g/mol. The quantitative estimate of drug-likeness (QED) is 0.512. The molecular weight excluding hydrogens is 256 g/mol. The van der Waals surface area contributed by atoms with Gasteiger partial charge in [0.15, 0.2) is 0 Å². The smallest absolute Gasteiger partial charge is 0.284 e. The molecule has 98 valence electrons. The third-order valence-corrected chi connectivity index (χ3v) is 5.47. The molecular formula is C8H18O6S2. The summed E-state index contributed by atoms with van der Waals surface area (Å²) in [6, 6.07) is 0.